The molecule has 0 aromatic heterocycles. The number of benzene rings is 1. The van der Waals surface area contributed by atoms with Crippen molar-refractivity contribution in [2.24, 2.45) is 0 Å². The average Bonchev–Trinajstić information content (AvgIpc) is 2.39. The molecule has 0 amide bonds. The number of likely N-dealkylation sites (N-methyl/N-ethyl adjacent to an activating group) is 1. The topological polar surface area (TPSA) is 52.9 Å². The van der Waals surface area contributed by atoms with Crippen LogP contribution in [0.4, 0.5) is 0 Å². The molecule has 5 heteroatoms. The highest BCUT2D eigenvalue weighted by Crippen LogP contribution is 2.21. The van der Waals surface area contributed by atoms with Gasteiger partial charge in [0, 0.05) is 13.1 Å². The van der Waals surface area contributed by atoms with Gasteiger partial charge in [0.25, 0.3) is 0 Å². The van der Waals surface area contributed by atoms with Gasteiger partial charge in [0.1, 0.15) is 0 Å². The zero-order chi connectivity index (χ0) is 12.3. The van der Waals surface area contributed by atoms with E-state index in [-0.39, 0.29) is 6.10 Å². The van der Waals surface area contributed by atoms with Gasteiger partial charge in [-0.2, -0.15) is 0 Å². The van der Waals surface area contributed by atoms with E-state index in [1.165, 1.54) is 0 Å². The van der Waals surface area contributed by atoms with Crippen LogP contribution in [0, 0.1) is 0 Å². The van der Waals surface area contributed by atoms with Crippen LogP contribution in [0.5, 0.6) is 0 Å². The van der Waals surface area contributed by atoms with Crippen LogP contribution in [0.3, 0.4) is 0 Å². The van der Waals surface area contributed by atoms with Gasteiger partial charge in [0.15, 0.2) is 0 Å². The van der Waals surface area contributed by atoms with Crippen LogP contribution in [0.1, 0.15) is 18.6 Å². The van der Waals surface area contributed by atoms with Crippen molar-refractivity contribution >= 4 is 12.6 Å². The summed E-state index contributed by atoms with van der Waals surface area (Å²) in [7, 11) is -1.40. The number of rotatable bonds is 3. The van der Waals surface area contributed by atoms with E-state index >= 15 is 0 Å². The standard InChI is InChI=1S/C12H18BNO3/c1-2-14-7-8-17-12(9-14)10-3-5-11(6-4-10)13(15)16/h3-6,12,15-16H,2,7-9H2,1H3. The van der Waals surface area contributed by atoms with Gasteiger partial charge in [-0.15, -0.1) is 0 Å². The van der Waals surface area contributed by atoms with Gasteiger partial charge < -0.3 is 14.8 Å². The summed E-state index contributed by atoms with van der Waals surface area (Å²) in [5.41, 5.74) is 1.60. The molecule has 1 aromatic carbocycles. The van der Waals surface area contributed by atoms with Crippen LogP contribution < -0.4 is 5.46 Å². The minimum atomic E-state index is -1.40. The van der Waals surface area contributed by atoms with E-state index in [1.807, 2.05) is 12.1 Å². The van der Waals surface area contributed by atoms with E-state index < -0.39 is 7.12 Å². The normalized spacial score (nSPS) is 21.5. The molecule has 1 aliphatic rings. The van der Waals surface area contributed by atoms with E-state index in [0.29, 0.717) is 5.46 Å². The molecule has 1 aromatic rings. The van der Waals surface area contributed by atoms with Gasteiger partial charge in [-0.3, -0.25) is 4.90 Å². The molecule has 1 unspecified atom stereocenters. The highest BCUT2D eigenvalue weighted by atomic mass is 16.5. The summed E-state index contributed by atoms with van der Waals surface area (Å²) in [5, 5.41) is 18.0. The maximum Gasteiger partial charge on any atom is 0.488 e. The first-order chi connectivity index (χ1) is 8.20. The molecule has 92 valence electrons. The summed E-state index contributed by atoms with van der Waals surface area (Å²) < 4.78 is 5.73. The predicted octanol–water partition coefficient (Wildman–Crippen LogP) is -0.240. The van der Waals surface area contributed by atoms with E-state index in [2.05, 4.69) is 11.8 Å². The molecule has 0 bridgehead atoms. The number of hydrogen-bond acceptors (Lipinski definition) is 4. The average molecular weight is 235 g/mol. The lowest BCUT2D eigenvalue weighted by Gasteiger charge is -2.32. The highest BCUT2D eigenvalue weighted by molar-refractivity contribution is 6.58. The Balaban J connectivity index is 2.06. The van der Waals surface area contributed by atoms with Crippen molar-refractivity contribution < 1.29 is 14.8 Å². The van der Waals surface area contributed by atoms with Gasteiger partial charge in [-0.05, 0) is 17.6 Å². The zero-order valence-corrected chi connectivity index (χ0v) is 10.0. The Morgan fingerprint density at radius 2 is 2.06 bits per heavy atom. The molecule has 1 fully saturated rings. The number of ether oxygens (including phenoxy) is 1. The van der Waals surface area contributed by atoms with Gasteiger partial charge >= 0.3 is 7.12 Å². The largest absolute Gasteiger partial charge is 0.488 e. The van der Waals surface area contributed by atoms with Gasteiger partial charge in [0.05, 0.1) is 12.7 Å². The lowest BCUT2D eigenvalue weighted by atomic mass is 9.80. The third kappa shape index (κ3) is 3.07. The Bertz CT molecular complexity index is 355. The quantitative estimate of drug-likeness (QED) is 0.710. The zero-order valence-electron chi connectivity index (χ0n) is 10.0. The minimum absolute atomic E-state index is 0.0913. The summed E-state index contributed by atoms with van der Waals surface area (Å²) in [6, 6.07) is 7.26. The smallest absolute Gasteiger partial charge is 0.423 e. The van der Waals surface area contributed by atoms with Crippen molar-refractivity contribution in [3.63, 3.8) is 0 Å². The molecular weight excluding hydrogens is 217 g/mol. The molecule has 1 saturated heterocycles. The van der Waals surface area contributed by atoms with E-state index in [4.69, 9.17) is 14.8 Å². The Hall–Kier alpha value is -0.875. The van der Waals surface area contributed by atoms with Crippen molar-refractivity contribution in [2.45, 2.75) is 13.0 Å². The number of morpholine rings is 1. The second kappa shape index (κ2) is 5.64. The van der Waals surface area contributed by atoms with E-state index in [1.54, 1.807) is 12.1 Å². The Morgan fingerprint density at radius 1 is 1.35 bits per heavy atom. The lowest BCUT2D eigenvalue weighted by molar-refractivity contribution is -0.0281. The van der Waals surface area contributed by atoms with Crippen molar-refractivity contribution in [3.8, 4) is 0 Å². The first kappa shape index (κ1) is 12.6. The second-order valence-corrected chi connectivity index (χ2v) is 4.29. The summed E-state index contributed by atoms with van der Waals surface area (Å²) in [6.07, 6.45) is 0.0913. The van der Waals surface area contributed by atoms with Gasteiger partial charge in [-0.1, -0.05) is 31.2 Å². The second-order valence-electron chi connectivity index (χ2n) is 4.29. The van der Waals surface area contributed by atoms with E-state index in [9.17, 15) is 0 Å². The Kier molecular flexibility index (Phi) is 4.18. The third-order valence-electron chi connectivity index (χ3n) is 3.20. The van der Waals surface area contributed by atoms with Crippen LogP contribution in [0.2, 0.25) is 0 Å². The molecule has 0 radical (unpaired) electrons. The highest BCUT2D eigenvalue weighted by Gasteiger charge is 2.21. The monoisotopic (exact) mass is 235 g/mol. The molecular formula is C12H18BNO3. The van der Waals surface area contributed by atoms with Gasteiger partial charge in [0.2, 0.25) is 0 Å². The fourth-order valence-electron chi connectivity index (χ4n) is 2.07. The van der Waals surface area contributed by atoms with Crippen molar-refractivity contribution in [1.29, 1.82) is 0 Å². The van der Waals surface area contributed by atoms with Crippen molar-refractivity contribution in [3.05, 3.63) is 29.8 Å². The summed E-state index contributed by atoms with van der Waals surface area (Å²) in [4.78, 5) is 2.35. The van der Waals surface area contributed by atoms with Crippen LogP contribution in [-0.4, -0.2) is 48.3 Å². The maximum absolute atomic E-state index is 9.02. The number of hydrogen-bond donors (Lipinski definition) is 2. The van der Waals surface area contributed by atoms with Gasteiger partial charge in [-0.25, -0.2) is 0 Å². The molecule has 17 heavy (non-hydrogen) atoms. The fourth-order valence-corrected chi connectivity index (χ4v) is 2.07. The lowest BCUT2D eigenvalue weighted by Crippen LogP contribution is -2.38. The predicted molar refractivity (Wildman–Crippen MR) is 67.1 cm³/mol. The molecule has 0 saturated carbocycles. The molecule has 0 spiro atoms. The molecule has 4 nitrogen and oxygen atoms in total. The summed E-state index contributed by atoms with van der Waals surface area (Å²) in [5.74, 6) is 0. The molecule has 1 atom stereocenters. The summed E-state index contributed by atoms with van der Waals surface area (Å²) >= 11 is 0. The maximum atomic E-state index is 9.02. The molecule has 0 aliphatic carbocycles. The van der Waals surface area contributed by atoms with Crippen molar-refractivity contribution in [2.75, 3.05) is 26.2 Å². The molecule has 1 heterocycles. The van der Waals surface area contributed by atoms with Crippen LogP contribution >= 0.6 is 0 Å². The first-order valence-corrected chi connectivity index (χ1v) is 6.00. The third-order valence-corrected chi connectivity index (χ3v) is 3.20. The SMILES string of the molecule is CCN1CCOC(c2ccc(B(O)O)cc2)C1. The molecule has 1 aliphatic heterocycles. The van der Waals surface area contributed by atoms with Crippen LogP contribution in [0.15, 0.2) is 24.3 Å². The first-order valence-electron chi connectivity index (χ1n) is 6.00. The van der Waals surface area contributed by atoms with Crippen LogP contribution in [0.25, 0.3) is 0 Å². The Labute approximate surface area is 102 Å². The Morgan fingerprint density at radius 3 is 2.65 bits per heavy atom. The van der Waals surface area contributed by atoms with Crippen molar-refractivity contribution in [1.82, 2.24) is 4.90 Å². The minimum Gasteiger partial charge on any atom is -0.423 e. The van der Waals surface area contributed by atoms with Crippen LogP contribution in [-0.2, 0) is 4.74 Å². The van der Waals surface area contributed by atoms with E-state index in [0.717, 1.165) is 31.8 Å². The number of nitrogens with zero attached hydrogens (tertiary/aromatic N) is 1. The summed E-state index contributed by atoms with van der Waals surface area (Å²) in [6.45, 7) is 5.82. The molecule has 2 rings (SSSR count). The molecule has 2 N–H and O–H groups in total. The fraction of sp³-hybridized carbons (Fsp3) is 0.500.